The van der Waals surface area contributed by atoms with Crippen LogP contribution in [0.15, 0.2) is 42.6 Å². The number of morpholine rings is 1. The Bertz CT molecular complexity index is 1030. The highest BCUT2D eigenvalue weighted by Crippen LogP contribution is 2.30. The molecular weight excluding hydrogens is 364 g/mol. The van der Waals surface area contributed by atoms with Gasteiger partial charge in [-0.1, -0.05) is 18.2 Å². The molecule has 1 aliphatic heterocycles. The van der Waals surface area contributed by atoms with Crippen molar-refractivity contribution in [3.63, 3.8) is 0 Å². The van der Waals surface area contributed by atoms with Gasteiger partial charge >= 0.3 is 0 Å². The minimum Gasteiger partial charge on any atom is -0.378 e. The number of aromatic nitrogens is 1. The molecule has 1 amide bonds. The summed E-state index contributed by atoms with van der Waals surface area (Å²) in [5.41, 5.74) is 1.68. The molecule has 1 N–H and O–H groups in total. The van der Waals surface area contributed by atoms with E-state index in [9.17, 15) is 13.6 Å². The molecule has 28 heavy (non-hydrogen) atoms. The summed E-state index contributed by atoms with van der Waals surface area (Å²) in [6.07, 6.45) is 1.52. The number of aryl methyl sites for hydroxylation is 1. The topological polar surface area (TPSA) is 54.5 Å². The number of benzene rings is 2. The monoisotopic (exact) mass is 383 g/mol. The third-order valence-electron chi connectivity index (χ3n) is 4.77. The van der Waals surface area contributed by atoms with Crippen LogP contribution >= 0.6 is 0 Å². The van der Waals surface area contributed by atoms with E-state index in [-0.39, 0.29) is 11.6 Å². The average molecular weight is 383 g/mol. The molecule has 0 atom stereocenters. The molecule has 0 aliphatic carbocycles. The summed E-state index contributed by atoms with van der Waals surface area (Å²) in [7, 11) is 0. The predicted molar refractivity (Wildman–Crippen MR) is 103 cm³/mol. The van der Waals surface area contributed by atoms with Gasteiger partial charge in [-0.25, -0.2) is 13.8 Å². The van der Waals surface area contributed by atoms with Crippen molar-refractivity contribution < 1.29 is 18.3 Å². The Hall–Kier alpha value is -3.06. The number of rotatable bonds is 3. The lowest BCUT2D eigenvalue weighted by Crippen LogP contribution is -2.40. The van der Waals surface area contributed by atoms with Crippen LogP contribution in [0.2, 0.25) is 0 Å². The lowest BCUT2D eigenvalue weighted by molar-refractivity contribution is 0.0304. The summed E-state index contributed by atoms with van der Waals surface area (Å²) in [5, 5.41) is 4.45. The van der Waals surface area contributed by atoms with Crippen LogP contribution in [0, 0.1) is 18.6 Å². The van der Waals surface area contributed by atoms with Gasteiger partial charge in [0.05, 0.1) is 18.8 Å². The summed E-state index contributed by atoms with van der Waals surface area (Å²) >= 11 is 0. The molecule has 1 fully saturated rings. The molecule has 0 radical (unpaired) electrons. The van der Waals surface area contributed by atoms with Crippen molar-refractivity contribution in [1.82, 2.24) is 9.88 Å². The van der Waals surface area contributed by atoms with Gasteiger partial charge in [0.1, 0.15) is 17.5 Å². The zero-order valence-electron chi connectivity index (χ0n) is 15.3. The number of halogens is 2. The van der Waals surface area contributed by atoms with E-state index < -0.39 is 11.6 Å². The van der Waals surface area contributed by atoms with Crippen molar-refractivity contribution in [1.29, 1.82) is 0 Å². The van der Waals surface area contributed by atoms with E-state index in [1.807, 2.05) is 25.1 Å². The Balaban J connectivity index is 1.78. The number of hydrogen-bond donors (Lipinski definition) is 1. The highest BCUT2D eigenvalue weighted by Gasteiger charge is 2.22. The third kappa shape index (κ3) is 3.53. The molecule has 0 unspecified atom stereocenters. The largest absolute Gasteiger partial charge is 0.378 e. The molecule has 1 saturated heterocycles. The highest BCUT2D eigenvalue weighted by atomic mass is 19.1. The number of nitrogens with one attached hydrogen (secondary N) is 1. The maximum atomic E-state index is 13.5. The molecule has 0 saturated carbocycles. The lowest BCUT2D eigenvalue weighted by atomic mass is 10.0. The van der Waals surface area contributed by atoms with E-state index in [0.29, 0.717) is 43.1 Å². The van der Waals surface area contributed by atoms with Crippen LogP contribution in [0.5, 0.6) is 0 Å². The van der Waals surface area contributed by atoms with Crippen molar-refractivity contribution in [2.24, 2.45) is 0 Å². The fraction of sp³-hybridized carbons (Fsp3) is 0.238. The molecule has 3 aromatic rings. The van der Waals surface area contributed by atoms with Gasteiger partial charge in [0.25, 0.3) is 5.91 Å². The van der Waals surface area contributed by atoms with Crippen molar-refractivity contribution in [3.8, 4) is 0 Å². The van der Waals surface area contributed by atoms with Crippen LogP contribution in [0.25, 0.3) is 10.8 Å². The van der Waals surface area contributed by atoms with Crippen LogP contribution < -0.4 is 5.32 Å². The number of carbonyl (C=O) groups excluding carboxylic acids is 1. The Morgan fingerprint density at radius 3 is 2.57 bits per heavy atom. The van der Waals surface area contributed by atoms with Crippen LogP contribution in [0.4, 0.5) is 20.3 Å². The summed E-state index contributed by atoms with van der Waals surface area (Å²) in [5.74, 6) is -1.02. The molecule has 4 rings (SSSR count). The summed E-state index contributed by atoms with van der Waals surface area (Å²) in [6.45, 7) is 4.02. The average Bonchev–Trinajstić information content (AvgIpc) is 2.68. The third-order valence-corrected chi connectivity index (χ3v) is 4.77. The number of pyridine rings is 1. The fourth-order valence-corrected chi connectivity index (χ4v) is 3.45. The lowest BCUT2D eigenvalue weighted by Gasteiger charge is -2.27. The van der Waals surface area contributed by atoms with Gasteiger partial charge in [0.15, 0.2) is 0 Å². The first kappa shape index (κ1) is 18.3. The zero-order valence-corrected chi connectivity index (χ0v) is 15.3. The van der Waals surface area contributed by atoms with Gasteiger partial charge in [-0.2, -0.15) is 0 Å². The maximum Gasteiger partial charge on any atom is 0.256 e. The molecule has 2 aromatic carbocycles. The number of carbonyl (C=O) groups is 1. The molecular formula is C21H19F2N3O2. The second kappa shape index (κ2) is 7.52. The summed E-state index contributed by atoms with van der Waals surface area (Å²) in [6, 6.07) is 8.82. The van der Waals surface area contributed by atoms with E-state index in [1.165, 1.54) is 18.3 Å². The predicted octanol–water partition coefficient (Wildman–Crippen LogP) is 4.04. The van der Waals surface area contributed by atoms with Crippen LogP contribution in [-0.2, 0) is 4.74 Å². The van der Waals surface area contributed by atoms with Gasteiger partial charge in [-0.05, 0) is 24.6 Å². The van der Waals surface area contributed by atoms with E-state index in [2.05, 4.69) is 10.3 Å². The molecule has 2 heterocycles. The minimum atomic E-state index is -0.679. The van der Waals surface area contributed by atoms with E-state index in [4.69, 9.17) is 4.74 Å². The van der Waals surface area contributed by atoms with Gasteiger partial charge < -0.3 is 15.0 Å². The van der Waals surface area contributed by atoms with Crippen molar-refractivity contribution in [2.45, 2.75) is 6.92 Å². The number of amides is 1. The van der Waals surface area contributed by atoms with Crippen LogP contribution in [0.1, 0.15) is 15.9 Å². The molecule has 7 heteroatoms. The number of anilines is 2. The maximum absolute atomic E-state index is 13.5. The van der Waals surface area contributed by atoms with Crippen LogP contribution in [0.3, 0.4) is 0 Å². The van der Waals surface area contributed by atoms with E-state index in [0.717, 1.165) is 17.0 Å². The van der Waals surface area contributed by atoms with Crippen molar-refractivity contribution in [2.75, 3.05) is 31.6 Å². The van der Waals surface area contributed by atoms with Gasteiger partial charge in [-0.3, -0.25) is 4.79 Å². The Kier molecular flexibility index (Phi) is 4.92. The Morgan fingerprint density at radius 1 is 1.14 bits per heavy atom. The fourth-order valence-electron chi connectivity index (χ4n) is 3.45. The number of nitrogens with zero attached hydrogens (tertiary/aromatic N) is 2. The molecule has 144 valence electrons. The van der Waals surface area contributed by atoms with Gasteiger partial charge in [0, 0.05) is 41.8 Å². The van der Waals surface area contributed by atoms with Crippen LogP contribution in [-0.4, -0.2) is 42.1 Å². The first-order chi connectivity index (χ1) is 13.5. The number of ether oxygens (including phenoxy) is 1. The zero-order chi connectivity index (χ0) is 19.7. The Labute approximate surface area is 160 Å². The second-order valence-corrected chi connectivity index (χ2v) is 6.71. The molecule has 1 aliphatic rings. The van der Waals surface area contributed by atoms with Gasteiger partial charge in [0.2, 0.25) is 0 Å². The first-order valence-corrected chi connectivity index (χ1v) is 9.01. The molecule has 0 spiro atoms. The standard InChI is InChI=1S/C21H19F2N3O2/c1-13-3-2-4-17-19(13)18(21(27)26-5-7-28-8-6-26)12-24-20(17)25-16-10-14(22)9-15(23)11-16/h2-4,9-12H,5-8H2,1H3,(H,24,25). The van der Waals surface area contributed by atoms with Gasteiger partial charge in [-0.15, -0.1) is 0 Å². The number of fused-ring (bicyclic) bond motifs is 1. The Morgan fingerprint density at radius 2 is 1.86 bits per heavy atom. The first-order valence-electron chi connectivity index (χ1n) is 9.01. The molecule has 1 aromatic heterocycles. The summed E-state index contributed by atoms with van der Waals surface area (Å²) < 4.78 is 32.4. The van der Waals surface area contributed by atoms with Crippen molar-refractivity contribution in [3.05, 3.63) is 65.4 Å². The smallest absolute Gasteiger partial charge is 0.256 e. The van der Waals surface area contributed by atoms with E-state index in [1.54, 1.807) is 4.90 Å². The van der Waals surface area contributed by atoms with E-state index >= 15 is 0 Å². The second-order valence-electron chi connectivity index (χ2n) is 6.71. The quantitative estimate of drug-likeness (QED) is 0.742. The molecule has 0 bridgehead atoms. The van der Waals surface area contributed by atoms with Crippen molar-refractivity contribution >= 4 is 28.2 Å². The number of hydrogen-bond acceptors (Lipinski definition) is 4. The normalized spacial score (nSPS) is 14.3. The molecule has 5 nitrogen and oxygen atoms in total. The minimum absolute atomic E-state index is 0.0987. The summed E-state index contributed by atoms with van der Waals surface area (Å²) in [4.78, 5) is 19.2. The highest BCUT2D eigenvalue weighted by molar-refractivity contribution is 6.10. The SMILES string of the molecule is Cc1cccc2c(Nc3cc(F)cc(F)c3)ncc(C(=O)N3CCOCC3)c12.